The van der Waals surface area contributed by atoms with Crippen molar-refractivity contribution in [3.63, 3.8) is 0 Å². The van der Waals surface area contributed by atoms with Crippen LogP contribution in [0.4, 0.5) is 34.1 Å². The molecular weight excluding hydrogens is 809 g/mol. The molecule has 0 amide bonds. The highest BCUT2D eigenvalue weighted by molar-refractivity contribution is 6.28. The van der Waals surface area contributed by atoms with Crippen molar-refractivity contribution in [3.05, 3.63) is 267 Å². The minimum atomic E-state index is 0. The van der Waals surface area contributed by atoms with Gasteiger partial charge >= 0.3 is 0 Å². The Morgan fingerprint density at radius 1 is 0.209 bits per heavy atom. The molecule has 12 aromatic carbocycles. The maximum absolute atomic E-state index is 2.46. The minimum Gasteiger partial charge on any atom is -0.309 e. The summed E-state index contributed by atoms with van der Waals surface area (Å²) in [6.07, 6.45) is 0. The van der Waals surface area contributed by atoms with Crippen LogP contribution in [0.1, 0.15) is 7.43 Å². The van der Waals surface area contributed by atoms with Gasteiger partial charge < -0.3 is 9.80 Å². The highest BCUT2D eigenvalue weighted by Crippen LogP contribution is 2.50. The van der Waals surface area contributed by atoms with Gasteiger partial charge in [-0.2, -0.15) is 0 Å². The molecule has 12 aromatic rings. The first-order valence-electron chi connectivity index (χ1n) is 22.7. The van der Waals surface area contributed by atoms with E-state index in [0.717, 1.165) is 34.1 Å². The average molecular weight is 857 g/mol. The van der Waals surface area contributed by atoms with Crippen LogP contribution in [0.3, 0.4) is 0 Å². The molecule has 2 heteroatoms. The SMILES string of the molecule is C.c1ccc(-c2ccc(N(c3ccccc3-c3ccccc3)c3ccc4ccc5c(N(c6ccc(-c7ccccc7)cc6)c6ccccc6-c6ccccc6)ccc6ccc3c4c65)cc2)cc1. The van der Waals surface area contributed by atoms with Crippen LogP contribution in [0.2, 0.25) is 0 Å². The lowest BCUT2D eigenvalue weighted by atomic mass is 9.91. The van der Waals surface area contributed by atoms with Gasteiger partial charge in [0.15, 0.2) is 0 Å². The van der Waals surface area contributed by atoms with Gasteiger partial charge in [-0.1, -0.05) is 226 Å². The summed E-state index contributed by atoms with van der Waals surface area (Å²) in [6.45, 7) is 0. The Kier molecular flexibility index (Phi) is 10.8. The summed E-state index contributed by atoms with van der Waals surface area (Å²) in [5, 5.41) is 7.32. The van der Waals surface area contributed by atoms with Crippen LogP contribution in [0.25, 0.3) is 76.8 Å². The molecule has 318 valence electrons. The van der Waals surface area contributed by atoms with E-state index in [9.17, 15) is 0 Å². The van der Waals surface area contributed by atoms with E-state index in [1.807, 2.05) is 0 Å². The summed E-state index contributed by atoms with van der Waals surface area (Å²) < 4.78 is 0. The van der Waals surface area contributed by atoms with Crippen LogP contribution >= 0.6 is 0 Å². The van der Waals surface area contributed by atoms with E-state index in [0.29, 0.717) is 0 Å². The fourth-order valence-corrected chi connectivity index (χ4v) is 9.90. The van der Waals surface area contributed by atoms with E-state index in [1.165, 1.54) is 76.8 Å². The quantitative estimate of drug-likeness (QED) is 0.126. The molecule has 0 bridgehead atoms. The predicted molar refractivity (Wildman–Crippen MR) is 288 cm³/mol. The fourth-order valence-electron chi connectivity index (χ4n) is 9.90. The molecule has 0 aliphatic rings. The highest BCUT2D eigenvalue weighted by atomic mass is 15.2. The molecule has 12 rings (SSSR count). The van der Waals surface area contributed by atoms with Crippen molar-refractivity contribution < 1.29 is 0 Å². The van der Waals surface area contributed by atoms with E-state index in [-0.39, 0.29) is 7.43 Å². The maximum atomic E-state index is 2.46. The number of rotatable bonds is 10. The summed E-state index contributed by atoms with van der Waals surface area (Å²) in [4.78, 5) is 4.92. The molecule has 0 saturated carbocycles. The van der Waals surface area contributed by atoms with Gasteiger partial charge in [0.2, 0.25) is 0 Å². The van der Waals surface area contributed by atoms with Crippen molar-refractivity contribution in [2.75, 3.05) is 9.80 Å². The first-order chi connectivity index (χ1) is 32.8. The molecule has 0 fully saturated rings. The lowest BCUT2D eigenvalue weighted by Crippen LogP contribution is -2.12. The van der Waals surface area contributed by atoms with E-state index >= 15 is 0 Å². The van der Waals surface area contributed by atoms with Crippen molar-refractivity contribution in [3.8, 4) is 44.5 Å². The van der Waals surface area contributed by atoms with Gasteiger partial charge in [0.25, 0.3) is 0 Å². The van der Waals surface area contributed by atoms with Gasteiger partial charge in [-0.05, 0) is 103 Å². The summed E-state index contributed by atoms with van der Waals surface area (Å²) in [6, 6.07) is 97.0. The average Bonchev–Trinajstić information content (AvgIpc) is 3.40. The molecule has 0 aliphatic heterocycles. The molecular formula is C65H48N2. The van der Waals surface area contributed by atoms with Gasteiger partial charge in [-0.15, -0.1) is 0 Å². The van der Waals surface area contributed by atoms with Crippen molar-refractivity contribution >= 4 is 66.4 Å². The van der Waals surface area contributed by atoms with E-state index < -0.39 is 0 Å². The van der Waals surface area contributed by atoms with Crippen LogP contribution in [0.5, 0.6) is 0 Å². The van der Waals surface area contributed by atoms with Crippen LogP contribution in [0.15, 0.2) is 267 Å². The standard InChI is InChI=1S/C64H44N2.CH4/c1-5-17-45(18-6-1)47-29-37-53(38-30-47)65(59-27-15-13-25-55(59)49-21-9-3-10-22-49)61-43-35-51-34-42-58-62(44-36-52-33-41-57(61)63(51)64(52)58)66(54-39-31-48(32-40-54)46-19-7-2-8-20-46)60-28-16-14-26-56(60)50-23-11-4-12-24-50;/h1-44H;1H4. The second kappa shape index (κ2) is 17.7. The Bertz CT molecular complexity index is 3360. The number of nitrogens with zero attached hydrogens (tertiary/aromatic N) is 2. The van der Waals surface area contributed by atoms with Crippen LogP contribution in [-0.4, -0.2) is 0 Å². The van der Waals surface area contributed by atoms with Gasteiger partial charge in [-0.25, -0.2) is 0 Å². The van der Waals surface area contributed by atoms with Crippen LogP contribution in [0, 0.1) is 0 Å². The summed E-state index contributed by atoms with van der Waals surface area (Å²) in [5.74, 6) is 0. The summed E-state index contributed by atoms with van der Waals surface area (Å²) >= 11 is 0. The van der Waals surface area contributed by atoms with Gasteiger partial charge in [0.1, 0.15) is 0 Å². The Morgan fingerprint density at radius 3 is 0.881 bits per heavy atom. The normalized spacial score (nSPS) is 11.2. The molecule has 0 N–H and O–H groups in total. The predicted octanol–water partition coefficient (Wildman–Crippen LogP) is 18.8. The molecule has 0 unspecified atom stereocenters. The topological polar surface area (TPSA) is 6.48 Å². The first-order valence-corrected chi connectivity index (χ1v) is 22.7. The maximum Gasteiger partial charge on any atom is 0.0540 e. The molecule has 0 aromatic heterocycles. The largest absolute Gasteiger partial charge is 0.309 e. The molecule has 0 atom stereocenters. The third kappa shape index (κ3) is 7.45. The number of hydrogen-bond donors (Lipinski definition) is 0. The van der Waals surface area contributed by atoms with Crippen molar-refractivity contribution in [1.29, 1.82) is 0 Å². The summed E-state index contributed by atoms with van der Waals surface area (Å²) in [5.41, 5.74) is 16.1. The number of para-hydroxylation sites is 2. The number of hydrogen-bond acceptors (Lipinski definition) is 2. The fraction of sp³-hybridized carbons (Fsp3) is 0.0154. The van der Waals surface area contributed by atoms with Gasteiger partial charge in [-0.3, -0.25) is 0 Å². The zero-order valence-corrected chi connectivity index (χ0v) is 36.3. The van der Waals surface area contributed by atoms with Crippen molar-refractivity contribution in [2.45, 2.75) is 7.43 Å². The monoisotopic (exact) mass is 856 g/mol. The van der Waals surface area contributed by atoms with Crippen LogP contribution < -0.4 is 9.80 Å². The zero-order valence-electron chi connectivity index (χ0n) is 36.3. The Morgan fingerprint density at radius 2 is 0.507 bits per heavy atom. The van der Waals surface area contributed by atoms with Crippen molar-refractivity contribution in [1.82, 2.24) is 0 Å². The number of benzene rings is 12. The Labute approximate surface area is 393 Å². The molecule has 2 nitrogen and oxygen atoms in total. The van der Waals surface area contributed by atoms with Crippen molar-refractivity contribution in [2.24, 2.45) is 0 Å². The van der Waals surface area contributed by atoms with Crippen LogP contribution in [-0.2, 0) is 0 Å². The minimum absolute atomic E-state index is 0. The molecule has 0 spiro atoms. The van der Waals surface area contributed by atoms with Gasteiger partial charge in [0, 0.05) is 33.3 Å². The number of anilines is 6. The van der Waals surface area contributed by atoms with E-state index in [4.69, 9.17) is 0 Å². The molecule has 67 heavy (non-hydrogen) atoms. The smallest absolute Gasteiger partial charge is 0.0540 e. The molecule has 0 aliphatic carbocycles. The second-order valence-corrected chi connectivity index (χ2v) is 16.9. The zero-order chi connectivity index (χ0) is 43.8. The lowest BCUT2D eigenvalue weighted by Gasteiger charge is -2.31. The third-order valence-electron chi connectivity index (χ3n) is 13.0. The van der Waals surface area contributed by atoms with Gasteiger partial charge in [0.05, 0.1) is 22.7 Å². The third-order valence-corrected chi connectivity index (χ3v) is 13.0. The first kappa shape index (κ1) is 41.0. The lowest BCUT2D eigenvalue weighted by molar-refractivity contribution is 1.30. The molecule has 0 radical (unpaired) electrons. The second-order valence-electron chi connectivity index (χ2n) is 16.9. The van der Waals surface area contributed by atoms with E-state index in [2.05, 4.69) is 277 Å². The molecule has 0 heterocycles. The highest BCUT2D eigenvalue weighted by Gasteiger charge is 2.24. The molecule has 0 saturated heterocycles. The Balaban J connectivity index is 0.00000494. The Hall–Kier alpha value is -8.72. The van der Waals surface area contributed by atoms with E-state index in [1.54, 1.807) is 0 Å². The summed E-state index contributed by atoms with van der Waals surface area (Å²) in [7, 11) is 0.